The van der Waals surface area contributed by atoms with Gasteiger partial charge in [-0.15, -0.1) is 0 Å². The van der Waals surface area contributed by atoms with Crippen LogP contribution in [0.1, 0.15) is 6.42 Å². The number of hydrogen-bond acceptors (Lipinski definition) is 5. The molecule has 0 aliphatic carbocycles. The predicted molar refractivity (Wildman–Crippen MR) is 54.9 cm³/mol. The summed E-state index contributed by atoms with van der Waals surface area (Å²) in [7, 11) is 0. The molecule has 4 atom stereocenters. The van der Waals surface area contributed by atoms with Crippen molar-refractivity contribution < 1.29 is 19.7 Å². The number of nitrogens with one attached hydrogen (secondary N) is 2. The lowest BCUT2D eigenvalue weighted by atomic mass is 9.95. The van der Waals surface area contributed by atoms with E-state index < -0.39 is 24.2 Å². The number of amidine groups is 1. The van der Waals surface area contributed by atoms with Gasteiger partial charge in [-0.2, -0.15) is 0 Å². The highest BCUT2D eigenvalue weighted by atomic mass is 16.5. The Balaban J connectivity index is 2.07. The molecule has 2 aliphatic heterocycles. The van der Waals surface area contributed by atoms with Crippen LogP contribution in [0.15, 0.2) is 12.2 Å². The van der Waals surface area contributed by atoms with Crippen molar-refractivity contribution in [2.45, 2.75) is 24.7 Å². The average Bonchev–Trinajstić information content (AvgIpc) is 2.59. The van der Waals surface area contributed by atoms with Gasteiger partial charge in [0.2, 0.25) is 5.91 Å². The highest BCUT2D eigenvalue weighted by Crippen LogP contribution is 2.27. The maximum absolute atomic E-state index is 11.6. The molecule has 0 aromatic rings. The van der Waals surface area contributed by atoms with Crippen LogP contribution in [0.2, 0.25) is 0 Å². The summed E-state index contributed by atoms with van der Waals surface area (Å²) < 4.78 is 5.39. The van der Waals surface area contributed by atoms with Crippen molar-refractivity contribution in [1.29, 1.82) is 5.41 Å². The molecular weight excluding hydrogens is 212 g/mol. The second kappa shape index (κ2) is 4.32. The van der Waals surface area contributed by atoms with Gasteiger partial charge in [-0.25, -0.2) is 0 Å². The molecule has 4 N–H and O–H groups in total. The van der Waals surface area contributed by atoms with Gasteiger partial charge in [-0.3, -0.25) is 10.2 Å². The Labute approximate surface area is 92.4 Å². The van der Waals surface area contributed by atoms with Crippen LogP contribution < -0.4 is 5.32 Å². The minimum Gasteiger partial charge on any atom is -0.394 e. The monoisotopic (exact) mass is 226 g/mol. The van der Waals surface area contributed by atoms with Gasteiger partial charge in [0, 0.05) is 6.42 Å². The summed E-state index contributed by atoms with van der Waals surface area (Å²) in [5.74, 6) is -0.748. The maximum Gasteiger partial charge on any atom is 0.235 e. The van der Waals surface area contributed by atoms with E-state index in [0.717, 1.165) is 0 Å². The molecule has 2 aliphatic rings. The number of aliphatic hydroxyl groups is 2. The van der Waals surface area contributed by atoms with E-state index in [2.05, 4.69) is 5.32 Å². The SMILES string of the molecule is N=C1C=CC([C@H]2C[C@@H](O)[C@@H](CO)O2)C(=O)N1. The number of ether oxygens (including phenoxy) is 1. The zero-order valence-electron chi connectivity index (χ0n) is 8.59. The lowest BCUT2D eigenvalue weighted by Gasteiger charge is -2.22. The third-order valence-electron chi connectivity index (χ3n) is 2.86. The van der Waals surface area contributed by atoms with Crippen molar-refractivity contribution in [3.05, 3.63) is 12.2 Å². The topological polar surface area (TPSA) is 103 Å². The Hall–Kier alpha value is -1.24. The van der Waals surface area contributed by atoms with Crippen LogP contribution in [0, 0.1) is 11.3 Å². The highest BCUT2D eigenvalue weighted by molar-refractivity contribution is 6.06. The molecule has 6 heteroatoms. The van der Waals surface area contributed by atoms with E-state index in [-0.39, 0.29) is 18.3 Å². The number of carbonyl (C=O) groups is 1. The molecule has 0 aromatic carbocycles. The zero-order valence-corrected chi connectivity index (χ0v) is 8.59. The van der Waals surface area contributed by atoms with Crippen LogP contribution in [-0.2, 0) is 9.53 Å². The predicted octanol–water partition coefficient (Wildman–Crippen LogP) is -1.22. The summed E-state index contributed by atoms with van der Waals surface area (Å²) in [4.78, 5) is 11.6. The Morgan fingerprint density at radius 1 is 1.62 bits per heavy atom. The fraction of sp³-hybridized carbons (Fsp3) is 0.600. The van der Waals surface area contributed by atoms with Gasteiger partial charge in [0.25, 0.3) is 0 Å². The first kappa shape index (κ1) is 11.3. The van der Waals surface area contributed by atoms with Crippen molar-refractivity contribution in [3.8, 4) is 0 Å². The van der Waals surface area contributed by atoms with Crippen molar-refractivity contribution in [2.24, 2.45) is 5.92 Å². The smallest absolute Gasteiger partial charge is 0.235 e. The first-order valence-corrected chi connectivity index (χ1v) is 5.14. The summed E-state index contributed by atoms with van der Waals surface area (Å²) >= 11 is 0. The van der Waals surface area contributed by atoms with E-state index in [9.17, 15) is 9.90 Å². The largest absolute Gasteiger partial charge is 0.394 e. The molecular formula is C10H14N2O4. The van der Waals surface area contributed by atoms with Gasteiger partial charge in [-0.1, -0.05) is 6.08 Å². The number of carbonyl (C=O) groups excluding carboxylic acids is 1. The van der Waals surface area contributed by atoms with Crippen LogP contribution in [-0.4, -0.2) is 46.9 Å². The standard InChI is InChI=1S/C10H14N2O4/c11-9-2-1-5(10(15)12-9)7-3-6(14)8(4-13)16-7/h1-2,5-8,13-14H,3-4H2,(H2,11,12,15)/t5?,6-,7-,8-/m1/s1. The number of aliphatic hydroxyl groups excluding tert-OH is 2. The third-order valence-corrected chi connectivity index (χ3v) is 2.86. The van der Waals surface area contributed by atoms with Gasteiger partial charge in [0.05, 0.1) is 24.7 Å². The van der Waals surface area contributed by atoms with Crippen LogP contribution in [0.5, 0.6) is 0 Å². The second-order valence-corrected chi connectivity index (χ2v) is 3.99. The van der Waals surface area contributed by atoms with Gasteiger partial charge < -0.3 is 20.3 Å². The van der Waals surface area contributed by atoms with Crippen molar-refractivity contribution in [2.75, 3.05) is 6.61 Å². The lowest BCUT2D eigenvalue weighted by Crippen LogP contribution is -2.42. The molecule has 16 heavy (non-hydrogen) atoms. The van der Waals surface area contributed by atoms with E-state index >= 15 is 0 Å². The Bertz CT molecular complexity index is 342. The van der Waals surface area contributed by atoms with Gasteiger partial charge in [0.1, 0.15) is 11.9 Å². The lowest BCUT2D eigenvalue weighted by molar-refractivity contribution is -0.127. The molecule has 0 bridgehead atoms. The Morgan fingerprint density at radius 2 is 2.38 bits per heavy atom. The zero-order chi connectivity index (χ0) is 11.7. The first-order chi connectivity index (χ1) is 7.61. The Morgan fingerprint density at radius 3 is 2.94 bits per heavy atom. The molecule has 1 amide bonds. The molecule has 0 spiro atoms. The van der Waals surface area contributed by atoms with E-state index in [1.165, 1.54) is 6.08 Å². The number of amides is 1. The van der Waals surface area contributed by atoms with E-state index in [1.807, 2.05) is 0 Å². The molecule has 1 fully saturated rings. The molecule has 6 nitrogen and oxygen atoms in total. The van der Waals surface area contributed by atoms with Crippen LogP contribution in [0.3, 0.4) is 0 Å². The summed E-state index contributed by atoms with van der Waals surface area (Å²) in [5, 5.41) is 28.1. The van der Waals surface area contributed by atoms with E-state index in [1.54, 1.807) is 6.08 Å². The molecule has 0 radical (unpaired) electrons. The van der Waals surface area contributed by atoms with Gasteiger partial charge in [0.15, 0.2) is 0 Å². The van der Waals surface area contributed by atoms with Crippen LogP contribution in [0.4, 0.5) is 0 Å². The van der Waals surface area contributed by atoms with Crippen LogP contribution in [0.25, 0.3) is 0 Å². The average molecular weight is 226 g/mol. The van der Waals surface area contributed by atoms with E-state index in [0.29, 0.717) is 6.42 Å². The molecule has 0 aromatic heterocycles. The Kier molecular flexibility index (Phi) is 3.04. The van der Waals surface area contributed by atoms with E-state index in [4.69, 9.17) is 15.3 Å². The fourth-order valence-electron chi connectivity index (χ4n) is 1.99. The minimum atomic E-state index is -0.738. The summed E-state index contributed by atoms with van der Waals surface area (Å²) in [6, 6.07) is 0. The summed E-state index contributed by atoms with van der Waals surface area (Å²) in [5.41, 5.74) is 0. The van der Waals surface area contributed by atoms with Crippen molar-refractivity contribution in [3.63, 3.8) is 0 Å². The van der Waals surface area contributed by atoms with Crippen molar-refractivity contribution in [1.82, 2.24) is 5.32 Å². The molecule has 88 valence electrons. The molecule has 0 saturated carbocycles. The maximum atomic E-state index is 11.6. The first-order valence-electron chi connectivity index (χ1n) is 5.14. The van der Waals surface area contributed by atoms with Crippen LogP contribution >= 0.6 is 0 Å². The van der Waals surface area contributed by atoms with Gasteiger partial charge >= 0.3 is 0 Å². The molecule has 2 rings (SSSR count). The summed E-state index contributed by atoms with van der Waals surface area (Å²) in [6.07, 6.45) is 1.62. The minimum absolute atomic E-state index is 0.0542. The highest BCUT2D eigenvalue weighted by Gasteiger charge is 2.40. The molecule has 2 heterocycles. The molecule has 1 unspecified atom stereocenters. The second-order valence-electron chi connectivity index (χ2n) is 3.99. The third kappa shape index (κ3) is 1.99. The number of rotatable bonds is 2. The summed E-state index contributed by atoms with van der Waals surface area (Å²) in [6.45, 7) is -0.258. The normalized spacial score (nSPS) is 38.9. The fourth-order valence-corrected chi connectivity index (χ4v) is 1.99. The number of hydrogen-bond donors (Lipinski definition) is 4. The van der Waals surface area contributed by atoms with Crippen molar-refractivity contribution >= 4 is 11.7 Å². The molecule has 1 saturated heterocycles. The quantitative estimate of drug-likeness (QED) is 0.473. The van der Waals surface area contributed by atoms with Gasteiger partial charge in [-0.05, 0) is 6.08 Å².